The lowest BCUT2D eigenvalue weighted by Gasteiger charge is -2.18. The molecule has 0 aliphatic heterocycles. The van der Waals surface area contributed by atoms with Crippen molar-refractivity contribution in [1.29, 1.82) is 0 Å². The first kappa shape index (κ1) is 14.7. The highest BCUT2D eigenvalue weighted by molar-refractivity contribution is 9.10. The van der Waals surface area contributed by atoms with E-state index >= 15 is 0 Å². The topological polar surface area (TPSA) is 46.2 Å². The van der Waals surface area contributed by atoms with Gasteiger partial charge in [-0.25, -0.2) is 17.5 Å². The predicted molar refractivity (Wildman–Crippen MR) is 75.8 cm³/mol. The Labute approximate surface area is 121 Å². The fourth-order valence-electron chi connectivity index (χ4n) is 2.00. The van der Waals surface area contributed by atoms with Crippen LogP contribution in [0, 0.1) is 11.7 Å². The van der Waals surface area contributed by atoms with Crippen molar-refractivity contribution in [3.05, 3.63) is 40.6 Å². The fourth-order valence-corrected chi connectivity index (χ4v) is 3.37. The number of sulfonamides is 1. The molecule has 0 heterocycles. The SMILES string of the molecule is O=S(=O)(NCC1CC=CCC1)c1ccc(Br)c(F)c1. The van der Waals surface area contributed by atoms with Crippen LogP contribution in [0.25, 0.3) is 0 Å². The lowest BCUT2D eigenvalue weighted by atomic mass is 9.95. The van der Waals surface area contributed by atoms with Crippen molar-refractivity contribution in [2.45, 2.75) is 24.2 Å². The van der Waals surface area contributed by atoms with Gasteiger partial charge in [-0.3, -0.25) is 0 Å². The second-order valence-electron chi connectivity index (χ2n) is 4.58. The zero-order valence-corrected chi connectivity index (χ0v) is 12.7. The molecule has 0 bridgehead atoms. The number of nitrogens with one attached hydrogen (secondary N) is 1. The van der Waals surface area contributed by atoms with Gasteiger partial charge in [0.15, 0.2) is 0 Å². The molecule has 0 saturated heterocycles. The van der Waals surface area contributed by atoms with Crippen LogP contribution in [0.1, 0.15) is 19.3 Å². The normalized spacial score (nSPS) is 19.6. The van der Waals surface area contributed by atoms with Crippen LogP contribution >= 0.6 is 15.9 Å². The van der Waals surface area contributed by atoms with E-state index in [1.807, 2.05) is 0 Å². The summed E-state index contributed by atoms with van der Waals surface area (Å²) >= 11 is 3.00. The summed E-state index contributed by atoms with van der Waals surface area (Å²) in [5.74, 6) is -0.261. The number of hydrogen-bond donors (Lipinski definition) is 1. The molecule has 6 heteroatoms. The van der Waals surface area contributed by atoms with E-state index in [2.05, 4.69) is 32.8 Å². The molecule has 0 aromatic heterocycles. The largest absolute Gasteiger partial charge is 0.240 e. The maximum atomic E-state index is 13.4. The van der Waals surface area contributed by atoms with E-state index in [4.69, 9.17) is 0 Å². The Kier molecular flexibility index (Phi) is 4.76. The zero-order valence-electron chi connectivity index (χ0n) is 10.3. The number of rotatable bonds is 4. The molecular weight excluding hydrogens is 333 g/mol. The quantitative estimate of drug-likeness (QED) is 0.850. The third-order valence-electron chi connectivity index (χ3n) is 3.14. The fraction of sp³-hybridized carbons (Fsp3) is 0.385. The molecular formula is C13H15BrFNO2S. The van der Waals surface area contributed by atoms with E-state index in [-0.39, 0.29) is 9.37 Å². The highest BCUT2D eigenvalue weighted by atomic mass is 79.9. The molecule has 1 aliphatic rings. The summed E-state index contributed by atoms with van der Waals surface area (Å²) in [4.78, 5) is -0.0421. The van der Waals surface area contributed by atoms with Crippen LogP contribution in [-0.2, 0) is 10.0 Å². The molecule has 0 radical (unpaired) electrons. The standard InChI is InChI=1S/C13H15BrFNO2S/c14-12-7-6-11(8-13(12)15)19(17,18)16-9-10-4-2-1-3-5-10/h1-2,6-8,10,16H,3-5,9H2. The monoisotopic (exact) mass is 347 g/mol. The van der Waals surface area contributed by atoms with Crippen LogP contribution in [0.2, 0.25) is 0 Å². The minimum atomic E-state index is -3.63. The second kappa shape index (κ2) is 6.15. The minimum Gasteiger partial charge on any atom is -0.211 e. The Hall–Kier alpha value is -0.720. The summed E-state index contributed by atoms with van der Waals surface area (Å²) in [7, 11) is -3.63. The van der Waals surface area contributed by atoms with Gasteiger partial charge in [-0.15, -0.1) is 0 Å². The van der Waals surface area contributed by atoms with Gasteiger partial charge in [-0.2, -0.15) is 0 Å². The van der Waals surface area contributed by atoms with Crippen LogP contribution in [0.4, 0.5) is 4.39 Å². The van der Waals surface area contributed by atoms with E-state index in [0.717, 1.165) is 25.3 Å². The third kappa shape index (κ3) is 3.87. The first-order valence-corrected chi connectivity index (χ1v) is 8.36. The van der Waals surface area contributed by atoms with Crippen molar-refractivity contribution >= 4 is 26.0 Å². The van der Waals surface area contributed by atoms with Crippen LogP contribution in [-0.4, -0.2) is 15.0 Å². The summed E-state index contributed by atoms with van der Waals surface area (Å²) in [6, 6.07) is 3.80. The highest BCUT2D eigenvalue weighted by Crippen LogP contribution is 2.21. The Morgan fingerprint density at radius 2 is 2.16 bits per heavy atom. The first-order chi connectivity index (χ1) is 8.99. The third-order valence-corrected chi connectivity index (χ3v) is 5.21. The molecule has 104 valence electrons. The molecule has 0 spiro atoms. The van der Waals surface area contributed by atoms with Gasteiger partial charge in [0.25, 0.3) is 0 Å². The molecule has 3 nitrogen and oxygen atoms in total. The van der Waals surface area contributed by atoms with Crippen molar-refractivity contribution < 1.29 is 12.8 Å². The number of halogens is 2. The maximum absolute atomic E-state index is 13.4. The molecule has 1 N–H and O–H groups in total. The van der Waals surface area contributed by atoms with Crippen molar-refractivity contribution in [3.8, 4) is 0 Å². The average molecular weight is 348 g/mol. The lowest BCUT2D eigenvalue weighted by Crippen LogP contribution is -2.29. The number of hydrogen-bond acceptors (Lipinski definition) is 2. The van der Waals surface area contributed by atoms with Crippen LogP contribution in [0.5, 0.6) is 0 Å². The second-order valence-corrected chi connectivity index (χ2v) is 7.20. The van der Waals surface area contributed by atoms with E-state index in [0.29, 0.717) is 12.5 Å². The molecule has 1 atom stereocenters. The molecule has 0 amide bonds. The van der Waals surface area contributed by atoms with Gasteiger partial charge < -0.3 is 0 Å². The summed E-state index contributed by atoms with van der Waals surface area (Å²) in [6.45, 7) is 0.393. The number of allylic oxidation sites excluding steroid dienone is 2. The molecule has 1 aliphatic carbocycles. The van der Waals surface area contributed by atoms with E-state index in [1.54, 1.807) is 0 Å². The van der Waals surface area contributed by atoms with E-state index in [1.165, 1.54) is 12.1 Å². The van der Waals surface area contributed by atoms with Gasteiger partial charge in [0.2, 0.25) is 10.0 Å². The lowest BCUT2D eigenvalue weighted by molar-refractivity contribution is 0.468. The smallest absolute Gasteiger partial charge is 0.211 e. The van der Waals surface area contributed by atoms with Crippen LogP contribution < -0.4 is 4.72 Å². The van der Waals surface area contributed by atoms with Crippen LogP contribution in [0.3, 0.4) is 0 Å². The van der Waals surface area contributed by atoms with Gasteiger partial charge >= 0.3 is 0 Å². The van der Waals surface area contributed by atoms with Crippen molar-refractivity contribution in [2.24, 2.45) is 5.92 Å². The molecule has 1 unspecified atom stereocenters. The summed E-state index contributed by atoms with van der Waals surface area (Å²) in [5, 5.41) is 0. The Morgan fingerprint density at radius 1 is 1.37 bits per heavy atom. The van der Waals surface area contributed by atoms with Gasteiger partial charge in [0.1, 0.15) is 5.82 Å². The molecule has 2 rings (SSSR count). The first-order valence-electron chi connectivity index (χ1n) is 6.09. The van der Waals surface area contributed by atoms with Gasteiger partial charge in [0.05, 0.1) is 9.37 Å². The van der Waals surface area contributed by atoms with Crippen molar-refractivity contribution in [3.63, 3.8) is 0 Å². The summed E-state index contributed by atoms with van der Waals surface area (Å²) in [5.41, 5.74) is 0. The maximum Gasteiger partial charge on any atom is 0.240 e. The Bertz CT molecular complexity index is 586. The molecule has 1 aromatic rings. The Balaban J connectivity index is 2.05. The highest BCUT2D eigenvalue weighted by Gasteiger charge is 2.18. The van der Waals surface area contributed by atoms with Crippen molar-refractivity contribution in [1.82, 2.24) is 4.72 Å². The zero-order chi connectivity index (χ0) is 13.9. The molecule has 0 saturated carbocycles. The van der Waals surface area contributed by atoms with Gasteiger partial charge in [0, 0.05) is 6.54 Å². The minimum absolute atomic E-state index is 0.0421. The van der Waals surface area contributed by atoms with Crippen LogP contribution in [0.15, 0.2) is 39.7 Å². The summed E-state index contributed by atoms with van der Waals surface area (Å²) in [6.07, 6.45) is 7.03. The molecule has 1 aromatic carbocycles. The average Bonchev–Trinajstić information content (AvgIpc) is 2.41. The molecule has 19 heavy (non-hydrogen) atoms. The van der Waals surface area contributed by atoms with Gasteiger partial charge in [-0.05, 0) is 59.3 Å². The number of benzene rings is 1. The van der Waals surface area contributed by atoms with E-state index < -0.39 is 15.8 Å². The van der Waals surface area contributed by atoms with Crippen molar-refractivity contribution in [2.75, 3.05) is 6.54 Å². The summed E-state index contributed by atoms with van der Waals surface area (Å²) < 4.78 is 40.2. The van der Waals surface area contributed by atoms with Gasteiger partial charge in [-0.1, -0.05) is 12.2 Å². The Morgan fingerprint density at radius 3 is 2.79 bits per heavy atom. The van der Waals surface area contributed by atoms with E-state index in [9.17, 15) is 12.8 Å². The predicted octanol–water partition coefficient (Wildman–Crippen LogP) is 3.22. The molecule has 0 fully saturated rings.